The Morgan fingerprint density at radius 2 is 1.71 bits per heavy atom. The molecule has 0 aliphatic carbocycles. The topological polar surface area (TPSA) is 71.1 Å². The molecule has 2 amide bonds. The molecule has 2 aromatic carbocycles. The Bertz CT molecular complexity index is 950. The number of hydrogen-bond donors (Lipinski definition) is 2. The predicted molar refractivity (Wildman–Crippen MR) is 113 cm³/mol. The number of anilines is 1. The van der Waals surface area contributed by atoms with Crippen LogP contribution in [-0.2, 0) is 22.4 Å². The summed E-state index contributed by atoms with van der Waals surface area (Å²) in [6.45, 7) is 4.42. The number of nitrogens with zero attached hydrogens (tertiary/aromatic N) is 1. The zero-order chi connectivity index (χ0) is 19.9. The lowest BCUT2D eigenvalue weighted by Gasteiger charge is -2.07. The van der Waals surface area contributed by atoms with Gasteiger partial charge in [-0.15, -0.1) is 11.3 Å². The average Bonchev–Trinajstić information content (AvgIpc) is 3.09. The van der Waals surface area contributed by atoms with E-state index in [1.165, 1.54) is 5.56 Å². The molecule has 0 spiro atoms. The maximum absolute atomic E-state index is 12.0. The molecule has 0 atom stereocenters. The quantitative estimate of drug-likeness (QED) is 0.622. The molecule has 3 aromatic rings. The SMILES string of the molecule is CCc1ccc(NC(=O)C(=O)NCCc2sc(-c3ccccc3)nc2C)cc1. The monoisotopic (exact) mass is 393 g/mol. The van der Waals surface area contributed by atoms with E-state index < -0.39 is 11.8 Å². The summed E-state index contributed by atoms with van der Waals surface area (Å²) in [5.41, 5.74) is 3.83. The highest BCUT2D eigenvalue weighted by Gasteiger charge is 2.14. The lowest BCUT2D eigenvalue weighted by atomic mass is 10.1. The van der Waals surface area contributed by atoms with Crippen molar-refractivity contribution < 1.29 is 9.59 Å². The molecule has 0 bridgehead atoms. The number of carbonyl (C=O) groups is 2. The number of aromatic nitrogens is 1. The van der Waals surface area contributed by atoms with Crippen molar-refractivity contribution >= 4 is 28.8 Å². The van der Waals surface area contributed by atoms with E-state index in [1.807, 2.05) is 49.4 Å². The van der Waals surface area contributed by atoms with Crippen LogP contribution in [0.15, 0.2) is 54.6 Å². The van der Waals surface area contributed by atoms with Crippen LogP contribution in [0.5, 0.6) is 0 Å². The second kappa shape index (κ2) is 9.28. The molecular formula is C22H23N3O2S. The first-order valence-electron chi connectivity index (χ1n) is 9.26. The number of carbonyl (C=O) groups excluding carboxylic acids is 2. The lowest BCUT2D eigenvalue weighted by molar-refractivity contribution is -0.136. The molecule has 144 valence electrons. The van der Waals surface area contributed by atoms with E-state index in [1.54, 1.807) is 23.5 Å². The van der Waals surface area contributed by atoms with E-state index in [0.717, 1.165) is 27.6 Å². The Morgan fingerprint density at radius 1 is 1.00 bits per heavy atom. The van der Waals surface area contributed by atoms with Crippen LogP contribution < -0.4 is 10.6 Å². The van der Waals surface area contributed by atoms with Crippen LogP contribution in [0.2, 0.25) is 0 Å². The summed E-state index contributed by atoms with van der Waals surface area (Å²) in [4.78, 5) is 29.8. The van der Waals surface area contributed by atoms with Crippen LogP contribution in [0.4, 0.5) is 5.69 Å². The Kier molecular flexibility index (Phi) is 6.55. The van der Waals surface area contributed by atoms with Crippen molar-refractivity contribution in [3.05, 3.63) is 70.7 Å². The van der Waals surface area contributed by atoms with Gasteiger partial charge in [0.05, 0.1) is 5.69 Å². The molecule has 0 unspecified atom stereocenters. The molecule has 6 heteroatoms. The second-order valence-corrected chi connectivity index (χ2v) is 7.49. The molecule has 0 aliphatic heterocycles. The van der Waals surface area contributed by atoms with Crippen LogP contribution in [0.25, 0.3) is 10.6 Å². The van der Waals surface area contributed by atoms with Crippen molar-refractivity contribution in [2.45, 2.75) is 26.7 Å². The van der Waals surface area contributed by atoms with E-state index in [-0.39, 0.29) is 0 Å². The van der Waals surface area contributed by atoms with Crippen LogP contribution in [-0.4, -0.2) is 23.3 Å². The minimum Gasteiger partial charge on any atom is -0.347 e. The number of amides is 2. The van der Waals surface area contributed by atoms with E-state index in [0.29, 0.717) is 18.7 Å². The van der Waals surface area contributed by atoms with Gasteiger partial charge in [-0.1, -0.05) is 49.4 Å². The fourth-order valence-corrected chi connectivity index (χ4v) is 3.81. The molecule has 0 fully saturated rings. The summed E-state index contributed by atoms with van der Waals surface area (Å²) in [6, 6.07) is 17.5. The van der Waals surface area contributed by atoms with Gasteiger partial charge in [0.25, 0.3) is 0 Å². The van der Waals surface area contributed by atoms with Crippen molar-refractivity contribution in [2.75, 3.05) is 11.9 Å². The minimum absolute atomic E-state index is 0.387. The first-order valence-corrected chi connectivity index (χ1v) is 10.1. The third kappa shape index (κ3) is 5.04. The van der Waals surface area contributed by atoms with Gasteiger partial charge in [0.15, 0.2) is 0 Å². The molecule has 3 rings (SSSR count). The third-order valence-electron chi connectivity index (χ3n) is 4.38. The summed E-state index contributed by atoms with van der Waals surface area (Å²) in [7, 11) is 0. The van der Waals surface area contributed by atoms with E-state index in [4.69, 9.17) is 0 Å². The van der Waals surface area contributed by atoms with Gasteiger partial charge in [0.1, 0.15) is 5.01 Å². The molecule has 1 heterocycles. The molecule has 28 heavy (non-hydrogen) atoms. The number of aryl methyl sites for hydroxylation is 2. The minimum atomic E-state index is -0.657. The van der Waals surface area contributed by atoms with Gasteiger partial charge in [-0.3, -0.25) is 9.59 Å². The molecule has 0 aliphatic rings. The summed E-state index contributed by atoms with van der Waals surface area (Å²) in [6.07, 6.45) is 1.57. The van der Waals surface area contributed by atoms with Gasteiger partial charge in [0, 0.05) is 29.1 Å². The van der Waals surface area contributed by atoms with Gasteiger partial charge < -0.3 is 10.6 Å². The highest BCUT2D eigenvalue weighted by atomic mass is 32.1. The van der Waals surface area contributed by atoms with E-state index >= 15 is 0 Å². The van der Waals surface area contributed by atoms with Crippen LogP contribution in [0.3, 0.4) is 0 Å². The number of thiazole rings is 1. The Hall–Kier alpha value is -2.99. The van der Waals surface area contributed by atoms with Gasteiger partial charge in [0.2, 0.25) is 0 Å². The zero-order valence-electron chi connectivity index (χ0n) is 16.0. The standard InChI is InChI=1S/C22H23N3O2S/c1-3-16-9-11-18(12-10-16)25-21(27)20(26)23-14-13-19-15(2)24-22(28-19)17-7-5-4-6-8-17/h4-12H,3,13-14H2,1-2H3,(H,23,26)(H,25,27). The fourth-order valence-electron chi connectivity index (χ4n) is 2.75. The van der Waals surface area contributed by atoms with Crippen LogP contribution in [0, 0.1) is 6.92 Å². The maximum Gasteiger partial charge on any atom is 0.313 e. The van der Waals surface area contributed by atoms with Crippen molar-refractivity contribution in [3.8, 4) is 10.6 Å². The normalized spacial score (nSPS) is 10.5. The maximum atomic E-state index is 12.0. The highest BCUT2D eigenvalue weighted by molar-refractivity contribution is 7.15. The van der Waals surface area contributed by atoms with Crippen molar-refractivity contribution in [2.24, 2.45) is 0 Å². The average molecular weight is 394 g/mol. The molecule has 0 saturated heterocycles. The lowest BCUT2D eigenvalue weighted by Crippen LogP contribution is -2.36. The van der Waals surface area contributed by atoms with Gasteiger partial charge in [-0.25, -0.2) is 4.98 Å². The largest absolute Gasteiger partial charge is 0.347 e. The van der Waals surface area contributed by atoms with E-state index in [9.17, 15) is 9.59 Å². The summed E-state index contributed by atoms with van der Waals surface area (Å²) >= 11 is 1.62. The first kappa shape index (κ1) is 19.8. The van der Waals surface area contributed by atoms with Crippen molar-refractivity contribution in [3.63, 3.8) is 0 Å². The molecular weight excluding hydrogens is 370 g/mol. The van der Waals surface area contributed by atoms with E-state index in [2.05, 4.69) is 22.5 Å². The van der Waals surface area contributed by atoms with Crippen molar-refractivity contribution in [1.82, 2.24) is 10.3 Å². The molecule has 1 aromatic heterocycles. The van der Waals surface area contributed by atoms with Gasteiger partial charge >= 0.3 is 11.8 Å². The summed E-state index contributed by atoms with van der Waals surface area (Å²) < 4.78 is 0. The highest BCUT2D eigenvalue weighted by Crippen LogP contribution is 2.27. The van der Waals surface area contributed by atoms with Gasteiger partial charge in [-0.2, -0.15) is 0 Å². The zero-order valence-corrected chi connectivity index (χ0v) is 16.8. The summed E-state index contributed by atoms with van der Waals surface area (Å²) in [5, 5.41) is 6.26. The number of nitrogens with one attached hydrogen (secondary N) is 2. The Balaban J connectivity index is 1.51. The predicted octanol–water partition coefficient (Wildman–Crippen LogP) is 3.98. The Morgan fingerprint density at radius 3 is 2.39 bits per heavy atom. The smallest absolute Gasteiger partial charge is 0.313 e. The first-order chi connectivity index (χ1) is 13.6. The number of hydrogen-bond acceptors (Lipinski definition) is 4. The number of rotatable bonds is 6. The summed E-state index contributed by atoms with van der Waals surface area (Å²) in [5.74, 6) is -1.29. The molecule has 0 saturated carbocycles. The molecule has 0 radical (unpaired) electrons. The third-order valence-corrected chi connectivity index (χ3v) is 5.64. The van der Waals surface area contributed by atoms with Crippen molar-refractivity contribution in [1.29, 1.82) is 0 Å². The molecule has 5 nitrogen and oxygen atoms in total. The molecule has 2 N–H and O–H groups in total. The fraction of sp³-hybridized carbons (Fsp3) is 0.227. The Labute approximate surface area is 168 Å². The second-order valence-electron chi connectivity index (χ2n) is 6.40. The van der Waals surface area contributed by atoms with Crippen LogP contribution >= 0.6 is 11.3 Å². The van der Waals surface area contributed by atoms with Crippen LogP contribution in [0.1, 0.15) is 23.1 Å². The van der Waals surface area contributed by atoms with Gasteiger partial charge in [-0.05, 0) is 31.0 Å². The number of benzene rings is 2.